The third kappa shape index (κ3) is 4.06. The average Bonchev–Trinajstić information content (AvgIpc) is 2.88. The van der Waals surface area contributed by atoms with Crippen molar-refractivity contribution in [2.24, 2.45) is 0 Å². The van der Waals surface area contributed by atoms with E-state index in [0.717, 1.165) is 0 Å². The SMILES string of the molecule is Fc1ccc2c(-c3c(F)c(F)c(C(F)(F)F)c(F)c3F)c3c(F)ccc(F)c3c(-c3c(F)c(F)cc(F)c3F)c2c1. The summed E-state index contributed by atoms with van der Waals surface area (Å²) in [5.41, 5.74) is -9.47. The Balaban J connectivity index is 2.15. The highest BCUT2D eigenvalue weighted by atomic mass is 19.4. The Hall–Kier alpha value is -4.36. The summed E-state index contributed by atoms with van der Waals surface area (Å²) in [4.78, 5) is 0. The van der Waals surface area contributed by atoms with Crippen LogP contribution in [0.2, 0.25) is 0 Å². The number of hydrogen-bond acceptors (Lipinski definition) is 0. The molecular weight excluding hydrogens is 590 g/mol. The number of alkyl halides is 3. The summed E-state index contributed by atoms with van der Waals surface area (Å²) >= 11 is 0. The number of halogens is 14. The van der Waals surface area contributed by atoms with Crippen LogP contribution in [-0.4, -0.2) is 0 Å². The molecule has 0 bridgehead atoms. The van der Waals surface area contributed by atoms with E-state index in [0.29, 0.717) is 18.2 Å². The molecule has 0 aliphatic heterocycles. The van der Waals surface area contributed by atoms with E-state index >= 15 is 17.6 Å². The van der Waals surface area contributed by atoms with Gasteiger partial charge in [-0.1, -0.05) is 6.07 Å². The quantitative estimate of drug-likeness (QED) is 0.108. The highest BCUT2D eigenvalue weighted by Gasteiger charge is 2.43. The topological polar surface area (TPSA) is 0 Å². The van der Waals surface area contributed by atoms with E-state index in [9.17, 15) is 43.9 Å². The largest absolute Gasteiger partial charge is 0.422 e. The first-order chi connectivity index (χ1) is 19.1. The van der Waals surface area contributed by atoms with Gasteiger partial charge in [-0.15, -0.1) is 0 Å². The van der Waals surface area contributed by atoms with Crippen LogP contribution < -0.4 is 0 Å². The van der Waals surface area contributed by atoms with Crippen molar-refractivity contribution in [3.8, 4) is 22.3 Å². The van der Waals surface area contributed by atoms with E-state index in [4.69, 9.17) is 0 Å². The molecule has 5 aromatic carbocycles. The van der Waals surface area contributed by atoms with Crippen molar-refractivity contribution in [3.63, 3.8) is 0 Å². The predicted molar refractivity (Wildman–Crippen MR) is 117 cm³/mol. The van der Waals surface area contributed by atoms with Crippen LogP contribution in [0.3, 0.4) is 0 Å². The van der Waals surface area contributed by atoms with Gasteiger partial charge in [-0.2, -0.15) is 13.2 Å². The Morgan fingerprint density at radius 3 is 1.29 bits per heavy atom. The van der Waals surface area contributed by atoms with Crippen LogP contribution in [0.1, 0.15) is 5.56 Å². The number of hydrogen-bond donors (Lipinski definition) is 0. The second-order valence-electron chi connectivity index (χ2n) is 8.57. The molecule has 0 saturated carbocycles. The van der Waals surface area contributed by atoms with Crippen molar-refractivity contribution in [3.05, 3.63) is 106 Å². The Kier molecular flexibility index (Phi) is 6.42. The molecule has 0 spiro atoms. The third-order valence-electron chi connectivity index (χ3n) is 6.28. The maximum atomic E-state index is 15.3. The maximum absolute atomic E-state index is 15.3. The van der Waals surface area contributed by atoms with Gasteiger partial charge in [0.05, 0.1) is 11.1 Å². The van der Waals surface area contributed by atoms with Gasteiger partial charge < -0.3 is 0 Å². The molecule has 14 heteroatoms. The molecular formula is C27H6F14. The fourth-order valence-electron chi connectivity index (χ4n) is 4.66. The van der Waals surface area contributed by atoms with Crippen LogP contribution in [0.15, 0.2) is 36.4 Å². The fourth-order valence-corrected chi connectivity index (χ4v) is 4.66. The number of fused-ring (bicyclic) bond motifs is 2. The van der Waals surface area contributed by atoms with E-state index in [2.05, 4.69) is 0 Å². The van der Waals surface area contributed by atoms with Crippen molar-refractivity contribution < 1.29 is 61.5 Å². The fraction of sp³-hybridized carbons (Fsp3) is 0.0370. The lowest BCUT2D eigenvalue weighted by atomic mass is 9.84. The second-order valence-corrected chi connectivity index (χ2v) is 8.57. The number of benzene rings is 5. The summed E-state index contributed by atoms with van der Waals surface area (Å²) in [5.74, 6) is -24.7. The molecule has 0 aliphatic carbocycles. The van der Waals surface area contributed by atoms with Crippen molar-refractivity contribution >= 4 is 21.5 Å². The van der Waals surface area contributed by atoms with Crippen molar-refractivity contribution in [1.29, 1.82) is 0 Å². The summed E-state index contributed by atoms with van der Waals surface area (Å²) in [7, 11) is 0. The summed E-state index contributed by atoms with van der Waals surface area (Å²) < 4.78 is 202. The Morgan fingerprint density at radius 1 is 0.390 bits per heavy atom. The van der Waals surface area contributed by atoms with E-state index in [1.54, 1.807) is 0 Å². The van der Waals surface area contributed by atoms with Crippen LogP contribution in [0, 0.1) is 64.0 Å². The summed E-state index contributed by atoms with van der Waals surface area (Å²) in [6, 6.07) is 1.58. The molecule has 0 radical (unpaired) electrons. The molecule has 212 valence electrons. The normalized spacial score (nSPS) is 12.1. The number of rotatable bonds is 2. The molecule has 0 heterocycles. The first-order valence-electron chi connectivity index (χ1n) is 10.9. The summed E-state index contributed by atoms with van der Waals surface area (Å²) in [6.45, 7) is 0. The zero-order valence-electron chi connectivity index (χ0n) is 19.3. The lowest BCUT2D eigenvalue weighted by Gasteiger charge is -2.21. The second kappa shape index (κ2) is 9.35. The summed E-state index contributed by atoms with van der Waals surface area (Å²) in [6.07, 6.45) is -5.97. The Morgan fingerprint density at radius 2 is 0.829 bits per heavy atom. The molecule has 0 nitrogen and oxygen atoms in total. The molecule has 0 fully saturated rings. The third-order valence-corrected chi connectivity index (χ3v) is 6.28. The van der Waals surface area contributed by atoms with E-state index < -0.39 is 120 Å². The van der Waals surface area contributed by atoms with Gasteiger partial charge in [-0.25, -0.2) is 48.3 Å². The molecule has 0 N–H and O–H groups in total. The van der Waals surface area contributed by atoms with E-state index in [-0.39, 0.29) is 18.2 Å². The molecule has 5 aromatic rings. The van der Waals surface area contributed by atoms with Crippen LogP contribution >= 0.6 is 0 Å². The lowest BCUT2D eigenvalue weighted by Crippen LogP contribution is -2.16. The maximum Gasteiger partial charge on any atom is 0.422 e. The lowest BCUT2D eigenvalue weighted by molar-refractivity contribution is -0.143. The Labute approximate surface area is 218 Å². The first-order valence-corrected chi connectivity index (χ1v) is 10.9. The van der Waals surface area contributed by atoms with E-state index in [1.165, 1.54) is 0 Å². The zero-order chi connectivity index (χ0) is 30.3. The van der Waals surface area contributed by atoms with Gasteiger partial charge in [0.25, 0.3) is 0 Å². The van der Waals surface area contributed by atoms with Gasteiger partial charge in [0.2, 0.25) is 0 Å². The first kappa shape index (κ1) is 28.2. The van der Waals surface area contributed by atoms with Gasteiger partial charge in [0, 0.05) is 28.0 Å². The minimum Gasteiger partial charge on any atom is -0.207 e. The van der Waals surface area contributed by atoms with Crippen LogP contribution in [-0.2, 0) is 6.18 Å². The molecule has 0 aliphatic rings. The van der Waals surface area contributed by atoms with Crippen molar-refractivity contribution in [2.45, 2.75) is 6.18 Å². The van der Waals surface area contributed by atoms with Crippen LogP contribution in [0.5, 0.6) is 0 Å². The van der Waals surface area contributed by atoms with E-state index in [1.807, 2.05) is 0 Å². The van der Waals surface area contributed by atoms with Gasteiger partial charge in [-0.05, 0) is 35.0 Å². The molecule has 0 saturated heterocycles. The Bertz CT molecular complexity index is 1880. The smallest absolute Gasteiger partial charge is 0.207 e. The van der Waals surface area contributed by atoms with Crippen LogP contribution in [0.4, 0.5) is 61.5 Å². The monoisotopic (exact) mass is 596 g/mol. The van der Waals surface area contributed by atoms with Gasteiger partial charge in [0.1, 0.15) is 23.0 Å². The molecule has 0 atom stereocenters. The average molecular weight is 596 g/mol. The van der Waals surface area contributed by atoms with Gasteiger partial charge in [0.15, 0.2) is 46.5 Å². The van der Waals surface area contributed by atoms with Gasteiger partial charge in [-0.3, -0.25) is 0 Å². The van der Waals surface area contributed by atoms with Crippen molar-refractivity contribution in [2.75, 3.05) is 0 Å². The molecule has 0 aromatic heterocycles. The minimum absolute atomic E-state index is 0.247. The highest BCUT2D eigenvalue weighted by molar-refractivity contribution is 6.22. The van der Waals surface area contributed by atoms with Gasteiger partial charge >= 0.3 is 6.18 Å². The van der Waals surface area contributed by atoms with Crippen LogP contribution in [0.25, 0.3) is 43.8 Å². The zero-order valence-corrected chi connectivity index (χ0v) is 19.3. The predicted octanol–water partition coefficient (Wildman–Crippen LogP) is 9.88. The molecule has 41 heavy (non-hydrogen) atoms. The summed E-state index contributed by atoms with van der Waals surface area (Å²) in [5, 5.41) is -4.84. The molecule has 0 unspecified atom stereocenters. The van der Waals surface area contributed by atoms with Crippen molar-refractivity contribution in [1.82, 2.24) is 0 Å². The standard InChI is InChI=1S/C27H6F14/c28-7-1-2-8-9(5-7)15(18-21(33)12(31)6-13(32)22(18)34)17-11(30)4-3-10(29)16(17)14(8)19-23(35)25(37)20(27(39,40)41)26(38)24(19)36/h1-6H. The highest BCUT2D eigenvalue weighted by Crippen LogP contribution is 2.49. The minimum atomic E-state index is -5.97. The molecule has 5 rings (SSSR count). The molecule has 0 amide bonds.